The van der Waals surface area contributed by atoms with Crippen molar-refractivity contribution in [3.05, 3.63) is 48.0 Å². The van der Waals surface area contributed by atoms with Gasteiger partial charge < -0.3 is 11.5 Å². The molecule has 2 aromatic rings. The van der Waals surface area contributed by atoms with E-state index in [0.29, 0.717) is 5.69 Å². The predicted molar refractivity (Wildman–Crippen MR) is 91.8 cm³/mol. The van der Waals surface area contributed by atoms with E-state index in [2.05, 4.69) is 0 Å². The number of carbonyl (C=O) groups is 1. The SMILES string of the molecule is Cl.Cl.Nc1ccc(S(=O)(=O)c2ccc(N)cc2C(=O)Cl)cc1. The van der Waals surface area contributed by atoms with Gasteiger partial charge in [0.1, 0.15) is 0 Å². The molecule has 0 heterocycles. The van der Waals surface area contributed by atoms with Crippen LogP contribution in [0.2, 0.25) is 0 Å². The van der Waals surface area contributed by atoms with Crippen LogP contribution in [0, 0.1) is 0 Å². The maximum Gasteiger partial charge on any atom is 0.253 e. The van der Waals surface area contributed by atoms with Gasteiger partial charge in [0.05, 0.1) is 15.4 Å². The summed E-state index contributed by atoms with van der Waals surface area (Å²) in [6.07, 6.45) is 0. The molecule has 2 rings (SSSR count). The Hall–Kier alpha value is -1.47. The topological polar surface area (TPSA) is 103 Å². The van der Waals surface area contributed by atoms with Gasteiger partial charge in [-0.2, -0.15) is 0 Å². The van der Waals surface area contributed by atoms with E-state index in [1.807, 2.05) is 0 Å². The van der Waals surface area contributed by atoms with E-state index < -0.39 is 15.1 Å². The Morgan fingerprint density at radius 3 is 1.91 bits per heavy atom. The number of carbonyl (C=O) groups excluding carboxylic acids is 1. The molecule has 0 aromatic heterocycles. The molecule has 0 radical (unpaired) electrons. The highest BCUT2D eigenvalue weighted by Crippen LogP contribution is 2.27. The van der Waals surface area contributed by atoms with Crippen LogP contribution in [0.25, 0.3) is 0 Å². The van der Waals surface area contributed by atoms with Gasteiger partial charge in [-0.1, -0.05) is 0 Å². The van der Waals surface area contributed by atoms with Crippen molar-refractivity contribution in [3.63, 3.8) is 0 Å². The number of benzene rings is 2. The number of hydrogen-bond acceptors (Lipinski definition) is 5. The van der Waals surface area contributed by atoms with Crippen LogP contribution >= 0.6 is 36.4 Å². The fourth-order valence-electron chi connectivity index (χ4n) is 1.71. The molecule has 9 heteroatoms. The van der Waals surface area contributed by atoms with E-state index in [4.69, 9.17) is 23.1 Å². The highest BCUT2D eigenvalue weighted by atomic mass is 35.5. The maximum atomic E-state index is 12.5. The maximum absolute atomic E-state index is 12.5. The van der Waals surface area contributed by atoms with Crippen molar-refractivity contribution in [1.82, 2.24) is 0 Å². The van der Waals surface area contributed by atoms with Crippen molar-refractivity contribution < 1.29 is 13.2 Å². The number of nitrogens with two attached hydrogens (primary N) is 2. The summed E-state index contributed by atoms with van der Waals surface area (Å²) in [4.78, 5) is 11.2. The van der Waals surface area contributed by atoms with Crippen LogP contribution in [-0.2, 0) is 9.84 Å². The van der Waals surface area contributed by atoms with Crippen molar-refractivity contribution in [1.29, 1.82) is 0 Å². The first-order valence-electron chi connectivity index (χ1n) is 5.52. The van der Waals surface area contributed by atoms with Crippen LogP contribution in [0.1, 0.15) is 10.4 Å². The summed E-state index contributed by atoms with van der Waals surface area (Å²) in [5, 5.41) is -0.883. The average Bonchev–Trinajstić information content (AvgIpc) is 2.38. The van der Waals surface area contributed by atoms with Crippen LogP contribution in [0.3, 0.4) is 0 Å². The lowest BCUT2D eigenvalue weighted by atomic mass is 10.2. The number of hydrogen-bond donors (Lipinski definition) is 2. The highest BCUT2D eigenvalue weighted by Gasteiger charge is 2.23. The molecule has 0 aliphatic heterocycles. The van der Waals surface area contributed by atoms with Gasteiger partial charge >= 0.3 is 0 Å². The standard InChI is InChI=1S/C13H11ClN2O3S.2ClH/c14-13(17)11-7-9(16)3-6-12(11)20(18,19)10-4-1-8(15)2-5-10;;/h1-7H,15-16H2;2*1H. The Kier molecular flexibility index (Phi) is 7.18. The van der Waals surface area contributed by atoms with Gasteiger partial charge in [-0.3, -0.25) is 4.79 Å². The smallest absolute Gasteiger partial charge is 0.253 e. The van der Waals surface area contributed by atoms with Crippen molar-refractivity contribution in [2.24, 2.45) is 0 Å². The van der Waals surface area contributed by atoms with Crippen molar-refractivity contribution >= 4 is 62.9 Å². The minimum Gasteiger partial charge on any atom is -0.399 e. The first-order valence-corrected chi connectivity index (χ1v) is 7.38. The fourth-order valence-corrected chi connectivity index (χ4v) is 3.36. The van der Waals surface area contributed by atoms with Crippen molar-refractivity contribution in [3.8, 4) is 0 Å². The number of sulfone groups is 1. The Labute approximate surface area is 145 Å². The lowest BCUT2D eigenvalue weighted by Gasteiger charge is -2.09. The van der Waals surface area contributed by atoms with E-state index >= 15 is 0 Å². The number of nitrogen functional groups attached to an aromatic ring is 2. The van der Waals surface area contributed by atoms with Gasteiger partial charge in [0.25, 0.3) is 5.24 Å². The van der Waals surface area contributed by atoms with Gasteiger partial charge in [-0.05, 0) is 54.1 Å². The van der Waals surface area contributed by atoms with Crippen LogP contribution < -0.4 is 11.5 Å². The molecule has 120 valence electrons. The monoisotopic (exact) mass is 382 g/mol. The van der Waals surface area contributed by atoms with E-state index in [0.717, 1.165) is 0 Å². The molecule has 0 amide bonds. The van der Waals surface area contributed by atoms with Gasteiger partial charge in [0, 0.05) is 11.4 Å². The second-order valence-corrected chi connectivity index (χ2v) is 6.36. The molecule has 0 spiro atoms. The molecule has 5 nitrogen and oxygen atoms in total. The molecular formula is C13H13Cl3N2O3S. The van der Waals surface area contributed by atoms with Crippen molar-refractivity contribution in [2.45, 2.75) is 9.79 Å². The Morgan fingerprint density at radius 2 is 1.41 bits per heavy atom. The second kappa shape index (κ2) is 7.69. The molecule has 0 bridgehead atoms. The zero-order chi connectivity index (χ0) is 14.9. The van der Waals surface area contributed by atoms with E-state index in [-0.39, 0.29) is 45.9 Å². The number of rotatable bonds is 3. The van der Waals surface area contributed by atoms with Crippen LogP contribution in [-0.4, -0.2) is 13.7 Å². The molecule has 0 atom stereocenters. The Morgan fingerprint density at radius 1 is 0.909 bits per heavy atom. The van der Waals surface area contributed by atoms with Crippen LogP contribution in [0.4, 0.5) is 11.4 Å². The molecule has 22 heavy (non-hydrogen) atoms. The van der Waals surface area contributed by atoms with Gasteiger partial charge in [0.2, 0.25) is 9.84 Å². The van der Waals surface area contributed by atoms with Crippen LogP contribution in [0.5, 0.6) is 0 Å². The minimum absolute atomic E-state index is 0. The summed E-state index contributed by atoms with van der Waals surface area (Å²) in [6.45, 7) is 0. The molecule has 0 saturated heterocycles. The average molecular weight is 384 g/mol. The third kappa shape index (κ3) is 4.04. The number of anilines is 2. The lowest BCUT2D eigenvalue weighted by molar-refractivity contribution is 0.107. The molecule has 0 fully saturated rings. The Bertz CT molecular complexity index is 778. The third-order valence-electron chi connectivity index (χ3n) is 2.70. The quantitative estimate of drug-likeness (QED) is 0.626. The molecule has 0 saturated carbocycles. The zero-order valence-electron chi connectivity index (χ0n) is 11.0. The molecule has 0 aliphatic carbocycles. The summed E-state index contributed by atoms with van der Waals surface area (Å²) < 4.78 is 25.0. The molecule has 2 aromatic carbocycles. The van der Waals surface area contributed by atoms with E-state index in [9.17, 15) is 13.2 Å². The fraction of sp³-hybridized carbons (Fsp3) is 0. The summed E-state index contributed by atoms with van der Waals surface area (Å²) in [6, 6.07) is 9.55. The summed E-state index contributed by atoms with van der Waals surface area (Å²) in [5.41, 5.74) is 11.6. The first kappa shape index (κ1) is 20.5. The zero-order valence-corrected chi connectivity index (χ0v) is 14.2. The first-order chi connectivity index (χ1) is 9.32. The molecular weight excluding hydrogens is 371 g/mol. The molecule has 0 aliphatic rings. The largest absolute Gasteiger partial charge is 0.399 e. The predicted octanol–water partition coefficient (Wildman–Crippen LogP) is 2.91. The molecule has 4 N–H and O–H groups in total. The third-order valence-corrected chi connectivity index (χ3v) is 4.73. The van der Waals surface area contributed by atoms with Crippen LogP contribution in [0.15, 0.2) is 52.3 Å². The highest BCUT2D eigenvalue weighted by molar-refractivity contribution is 7.91. The Balaban J connectivity index is 0.00000220. The number of halogens is 3. The summed E-state index contributed by atoms with van der Waals surface area (Å²) in [7, 11) is -3.86. The summed E-state index contributed by atoms with van der Waals surface area (Å²) >= 11 is 5.42. The lowest BCUT2D eigenvalue weighted by Crippen LogP contribution is -2.08. The second-order valence-electron chi connectivity index (χ2n) is 4.10. The normalized spacial score (nSPS) is 10.2. The minimum atomic E-state index is -3.86. The van der Waals surface area contributed by atoms with Gasteiger partial charge in [-0.15, -0.1) is 24.8 Å². The van der Waals surface area contributed by atoms with Gasteiger partial charge in [0.15, 0.2) is 0 Å². The van der Waals surface area contributed by atoms with Gasteiger partial charge in [-0.25, -0.2) is 8.42 Å². The summed E-state index contributed by atoms with van der Waals surface area (Å²) in [5.74, 6) is 0. The van der Waals surface area contributed by atoms with E-state index in [1.54, 1.807) is 0 Å². The van der Waals surface area contributed by atoms with E-state index in [1.165, 1.54) is 42.5 Å². The van der Waals surface area contributed by atoms with Crippen molar-refractivity contribution in [2.75, 3.05) is 11.5 Å². The molecule has 0 unspecified atom stereocenters.